The number of nitrogens with one attached hydrogen (secondary N) is 1. The third kappa shape index (κ3) is 3.44. The highest BCUT2D eigenvalue weighted by Gasteiger charge is 2.17. The molecule has 0 aliphatic carbocycles. The lowest BCUT2D eigenvalue weighted by atomic mass is 10.1. The Hall–Kier alpha value is -2.77. The van der Waals surface area contributed by atoms with E-state index in [0.29, 0.717) is 28.8 Å². The zero-order valence-corrected chi connectivity index (χ0v) is 14.7. The van der Waals surface area contributed by atoms with Crippen LogP contribution in [0.2, 0.25) is 10.0 Å². The SMILES string of the molecule is O=C(Nc1nnc(Cc2ccc3c(c2)OCO3)o1)c1cc(Cl)ccc1Cl. The fourth-order valence-corrected chi connectivity index (χ4v) is 2.81. The first-order chi connectivity index (χ1) is 12.6. The smallest absolute Gasteiger partial charge is 0.322 e. The van der Waals surface area contributed by atoms with E-state index in [4.69, 9.17) is 37.1 Å². The first-order valence-corrected chi connectivity index (χ1v) is 8.31. The summed E-state index contributed by atoms with van der Waals surface area (Å²) >= 11 is 11.9. The number of amides is 1. The van der Waals surface area contributed by atoms with Gasteiger partial charge in [0.15, 0.2) is 11.5 Å². The van der Waals surface area contributed by atoms with Crippen molar-refractivity contribution in [3.05, 3.63) is 63.5 Å². The molecule has 0 fully saturated rings. The van der Waals surface area contributed by atoms with Crippen molar-refractivity contribution in [2.24, 2.45) is 0 Å². The molecule has 3 aromatic rings. The van der Waals surface area contributed by atoms with E-state index in [9.17, 15) is 4.79 Å². The van der Waals surface area contributed by atoms with E-state index in [1.807, 2.05) is 18.2 Å². The van der Waals surface area contributed by atoms with Crippen LogP contribution >= 0.6 is 23.2 Å². The average Bonchev–Trinajstić information content (AvgIpc) is 3.26. The Labute approximate surface area is 157 Å². The van der Waals surface area contributed by atoms with Crippen LogP contribution in [-0.4, -0.2) is 22.9 Å². The first kappa shape index (κ1) is 16.7. The molecule has 1 amide bonds. The van der Waals surface area contributed by atoms with Crippen molar-refractivity contribution < 1.29 is 18.7 Å². The number of hydrogen-bond acceptors (Lipinski definition) is 6. The summed E-state index contributed by atoms with van der Waals surface area (Å²) in [7, 11) is 0. The molecule has 0 radical (unpaired) electrons. The van der Waals surface area contributed by atoms with E-state index < -0.39 is 5.91 Å². The Morgan fingerprint density at radius 1 is 1.08 bits per heavy atom. The Bertz CT molecular complexity index is 990. The molecule has 26 heavy (non-hydrogen) atoms. The maximum absolute atomic E-state index is 12.3. The van der Waals surface area contributed by atoms with Crippen LogP contribution in [0.1, 0.15) is 21.8 Å². The summed E-state index contributed by atoms with van der Waals surface area (Å²) in [6, 6.07) is 10.1. The third-order valence-electron chi connectivity index (χ3n) is 3.65. The molecule has 2 heterocycles. The summed E-state index contributed by atoms with van der Waals surface area (Å²) in [5.74, 6) is 1.23. The summed E-state index contributed by atoms with van der Waals surface area (Å²) in [5, 5.41) is 10.9. The number of benzene rings is 2. The Kier molecular flexibility index (Phi) is 4.40. The lowest BCUT2D eigenvalue weighted by molar-refractivity contribution is 0.102. The normalized spacial score (nSPS) is 12.2. The minimum absolute atomic E-state index is 0.0261. The van der Waals surface area contributed by atoms with Crippen molar-refractivity contribution in [2.75, 3.05) is 12.1 Å². The van der Waals surface area contributed by atoms with Crippen LogP contribution in [0.5, 0.6) is 11.5 Å². The quantitative estimate of drug-likeness (QED) is 0.724. The van der Waals surface area contributed by atoms with Crippen LogP contribution in [0, 0.1) is 0 Å². The molecule has 7 nitrogen and oxygen atoms in total. The van der Waals surface area contributed by atoms with Crippen LogP contribution in [0.15, 0.2) is 40.8 Å². The molecule has 1 aliphatic rings. The summed E-state index contributed by atoms with van der Waals surface area (Å²) in [6.07, 6.45) is 0.386. The largest absolute Gasteiger partial charge is 0.454 e. The highest BCUT2D eigenvalue weighted by atomic mass is 35.5. The van der Waals surface area contributed by atoms with Gasteiger partial charge in [0.25, 0.3) is 5.91 Å². The van der Waals surface area contributed by atoms with Gasteiger partial charge in [-0.05, 0) is 35.9 Å². The monoisotopic (exact) mass is 391 g/mol. The van der Waals surface area contributed by atoms with Gasteiger partial charge in [-0.1, -0.05) is 34.4 Å². The zero-order valence-electron chi connectivity index (χ0n) is 13.2. The predicted octanol–water partition coefficient (Wildman–Crippen LogP) is 3.95. The number of aromatic nitrogens is 2. The number of fused-ring (bicyclic) bond motifs is 1. The number of hydrogen-bond donors (Lipinski definition) is 1. The number of halogens is 2. The van der Waals surface area contributed by atoms with Crippen molar-refractivity contribution >= 4 is 35.1 Å². The predicted molar refractivity (Wildman–Crippen MR) is 94.1 cm³/mol. The molecule has 0 saturated heterocycles. The molecule has 1 aliphatic heterocycles. The number of rotatable bonds is 4. The summed E-state index contributed by atoms with van der Waals surface area (Å²) < 4.78 is 16.1. The van der Waals surface area contributed by atoms with Crippen molar-refractivity contribution in [2.45, 2.75) is 6.42 Å². The number of carbonyl (C=O) groups excluding carboxylic acids is 1. The van der Waals surface area contributed by atoms with E-state index in [-0.39, 0.29) is 23.4 Å². The van der Waals surface area contributed by atoms with Gasteiger partial charge in [0.05, 0.1) is 17.0 Å². The van der Waals surface area contributed by atoms with E-state index >= 15 is 0 Å². The minimum atomic E-state index is -0.490. The highest BCUT2D eigenvalue weighted by Crippen LogP contribution is 2.33. The maximum Gasteiger partial charge on any atom is 0.322 e. The third-order valence-corrected chi connectivity index (χ3v) is 4.22. The van der Waals surface area contributed by atoms with Gasteiger partial charge in [-0.15, -0.1) is 5.10 Å². The molecule has 0 unspecified atom stereocenters. The molecule has 2 aromatic carbocycles. The van der Waals surface area contributed by atoms with Crippen LogP contribution in [0.4, 0.5) is 6.01 Å². The van der Waals surface area contributed by atoms with Crippen LogP contribution in [0.25, 0.3) is 0 Å². The molecule has 0 bridgehead atoms. The second kappa shape index (κ2) is 6.86. The van der Waals surface area contributed by atoms with Crippen molar-refractivity contribution in [1.29, 1.82) is 0 Å². The van der Waals surface area contributed by atoms with E-state index in [0.717, 1.165) is 5.56 Å². The molecule has 4 rings (SSSR count). The van der Waals surface area contributed by atoms with E-state index in [1.165, 1.54) is 12.1 Å². The molecule has 1 N–H and O–H groups in total. The van der Waals surface area contributed by atoms with Crippen LogP contribution in [0.3, 0.4) is 0 Å². The lowest BCUT2D eigenvalue weighted by Gasteiger charge is -2.03. The zero-order chi connectivity index (χ0) is 18.1. The van der Waals surface area contributed by atoms with E-state index in [2.05, 4.69) is 15.5 Å². The Morgan fingerprint density at radius 3 is 2.81 bits per heavy atom. The first-order valence-electron chi connectivity index (χ1n) is 7.56. The van der Waals surface area contributed by atoms with Crippen molar-refractivity contribution in [3.8, 4) is 11.5 Å². The van der Waals surface area contributed by atoms with Gasteiger partial charge in [0, 0.05) is 5.02 Å². The standard InChI is InChI=1S/C17H11Cl2N3O4/c18-10-2-3-12(19)11(7-10)16(23)20-17-22-21-15(26-17)6-9-1-4-13-14(5-9)25-8-24-13/h1-5,7H,6,8H2,(H,20,22,23). The molecule has 132 valence electrons. The van der Waals surface area contributed by atoms with Gasteiger partial charge in [0.2, 0.25) is 12.7 Å². The van der Waals surface area contributed by atoms with Gasteiger partial charge in [-0.25, -0.2) is 0 Å². The maximum atomic E-state index is 12.3. The molecule has 1 aromatic heterocycles. The highest BCUT2D eigenvalue weighted by molar-refractivity contribution is 6.36. The number of ether oxygens (including phenoxy) is 2. The average molecular weight is 392 g/mol. The topological polar surface area (TPSA) is 86.5 Å². The van der Waals surface area contributed by atoms with Crippen molar-refractivity contribution in [3.63, 3.8) is 0 Å². The summed E-state index contributed by atoms with van der Waals surface area (Å²) in [5.41, 5.74) is 1.13. The molecule has 0 spiro atoms. The molecular weight excluding hydrogens is 381 g/mol. The van der Waals surface area contributed by atoms with Crippen LogP contribution < -0.4 is 14.8 Å². The van der Waals surface area contributed by atoms with Gasteiger partial charge < -0.3 is 13.9 Å². The summed E-state index contributed by atoms with van der Waals surface area (Å²) in [6.45, 7) is 0.210. The van der Waals surface area contributed by atoms with Crippen LogP contribution in [-0.2, 0) is 6.42 Å². The van der Waals surface area contributed by atoms with Gasteiger partial charge in [-0.2, -0.15) is 0 Å². The fraction of sp³-hybridized carbons (Fsp3) is 0.118. The second-order valence-corrected chi connectivity index (χ2v) is 6.29. The molecule has 9 heteroatoms. The minimum Gasteiger partial charge on any atom is -0.454 e. The van der Waals surface area contributed by atoms with E-state index in [1.54, 1.807) is 6.07 Å². The Morgan fingerprint density at radius 2 is 1.92 bits per heavy atom. The molecule has 0 saturated carbocycles. The number of carbonyl (C=O) groups is 1. The fourth-order valence-electron chi connectivity index (χ4n) is 2.44. The second-order valence-electron chi connectivity index (χ2n) is 5.44. The van der Waals surface area contributed by atoms with Gasteiger partial charge in [-0.3, -0.25) is 10.1 Å². The van der Waals surface area contributed by atoms with Gasteiger partial charge in [0.1, 0.15) is 0 Å². The number of anilines is 1. The van der Waals surface area contributed by atoms with Gasteiger partial charge >= 0.3 is 6.01 Å². The number of nitrogens with zero attached hydrogens (tertiary/aromatic N) is 2. The lowest BCUT2D eigenvalue weighted by Crippen LogP contribution is -2.12. The Balaban J connectivity index is 1.46. The summed E-state index contributed by atoms with van der Waals surface area (Å²) in [4.78, 5) is 12.3. The van der Waals surface area contributed by atoms with Crippen molar-refractivity contribution in [1.82, 2.24) is 10.2 Å². The molecular formula is C17H11Cl2N3O4. The molecule has 0 atom stereocenters.